The Kier molecular flexibility index (Phi) is 6.28. The molecule has 0 aliphatic carbocycles. The number of carbonyl (C=O) groups is 1. The number of hydrogen-bond donors (Lipinski definition) is 2. The zero-order valence-corrected chi connectivity index (χ0v) is 19.5. The predicted molar refractivity (Wildman–Crippen MR) is 132 cm³/mol. The van der Waals surface area contributed by atoms with Crippen LogP contribution in [0.2, 0.25) is 0 Å². The number of amides is 1. The van der Waals surface area contributed by atoms with Gasteiger partial charge in [-0.2, -0.15) is 0 Å². The topological polar surface area (TPSA) is 85.6 Å². The first-order chi connectivity index (χ1) is 15.9. The summed E-state index contributed by atoms with van der Waals surface area (Å²) in [6, 6.07) is 16.6. The molecule has 1 amide bonds. The van der Waals surface area contributed by atoms with Crippen molar-refractivity contribution in [3.05, 3.63) is 71.3 Å². The van der Waals surface area contributed by atoms with Crippen LogP contribution in [-0.4, -0.2) is 30.2 Å². The zero-order valence-electron chi connectivity index (χ0n) is 18.7. The number of thiocarbonyl (C=S) groups is 1. The Morgan fingerprint density at radius 2 is 1.70 bits per heavy atom. The lowest BCUT2D eigenvalue weighted by molar-refractivity contribution is 0.0971. The molecule has 0 saturated carbocycles. The van der Waals surface area contributed by atoms with Gasteiger partial charge in [-0.05, 0) is 79.7 Å². The van der Waals surface area contributed by atoms with Crippen molar-refractivity contribution in [3.63, 3.8) is 0 Å². The maximum absolute atomic E-state index is 12.8. The molecular formula is C25H23N3O4S. The first-order valence-electron chi connectivity index (χ1n) is 10.2. The maximum atomic E-state index is 12.8. The fraction of sp³-hybridized carbons (Fsp3) is 0.160. The Balaban J connectivity index is 1.51. The first-order valence-corrected chi connectivity index (χ1v) is 10.6. The lowest BCUT2D eigenvalue weighted by Gasteiger charge is -2.14. The van der Waals surface area contributed by atoms with Gasteiger partial charge in [0.05, 0.1) is 14.2 Å². The SMILES string of the molecule is COc1cccc(OC)c1C(=O)NC(=S)Nc1ccc2oc(-c3ccc(C)c(C)c3)nc2c1. The Morgan fingerprint density at radius 1 is 0.970 bits per heavy atom. The van der Waals surface area contributed by atoms with Crippen LogP contribution in [0.1, 0.15) is 21.5 Å². The third kappa shape index (κ3) is 4.65. The molecule has 168 valence electrons. The highest BCUT2D eigenvalue weighted by atomic mass is 32.1. The van der Waals surface area contributed by atoms with Crippen LogP contribution in [0.25, 0.3) is 22.6 Å². The number of fused-ring (bicyclic) bond motifs is 1. The molecule has 33 heavy (non-hydrogen) atoms. The van der Waals surface area contributed by atoms with E-state index in [9.17, 15) is 4.79 Å². The maximum Gasteiger partial charge on any atom is 0.264 e. The molecule has 0 radical (unpaired) electrons. The fourth-order valence-corrected chi connectivity index (χ4v) is 3.62. The summed E-state index contributed by atoms with van der Waals surface area (Å²) >= 11 is 5.33. The van der Waals surface area contributed by atoms with Gasteiger partial charge in [-0.1, -0.05) is 12.1 Å². The van der Waals surface area contributed by atoms with Crippen molar-refractivity contribution in [2.24, 2.45) is 0 Å². The molecule has 0 atom stereocenters. The number of rotatable bonds is 5. The van der Waals surface area contributed by atoms with E-state index in [4.69, 9.17) is 26.1 Å². The van der Waals surface area contributed by atoms with Crippen LogP contribution < -0.4 is 20.1 Å². The number of benzene rings is 3. The smallest absolute Gasteiger partial charge is 0.264 e. The molecule has 0 aliphatic heterocycles. The minimum absolute atomic E-state index is 0.130. The standard InChI is InChI=1S/C25H23N3O4S/c1-14-8-9-16(12-15(14)2)24-27-18-13-17(10-11-19(18)32-24)26-25(33)28-23(29)22-20(30-3)6-5-7-21(22)31-4/h5-13H,1-4H3,(H2,26,28,29,33). The molecule has 4 aromatic rings. The van der Waals surface area contributed by atoms with E-state index < -0.39 is 5.91 Å². The second kappa shape index (κ2) is 9.30. The Morgan fingerprint density at radius 3 is 2.36 bits per heavy atom. The van der Waals surface area contributed by atoms with Crippen LogP contribution in [0.15, 0.2) is 59.0 Å². The molecule has 0 unspecified atom stereocenters. The Hall–Kier alpha value is -3.91. The van der Waals surface area contributed by atoms with Gasteiger partial charge in [-0.25, -0.2) is 4.98 Å². The van der Waals surface area contributed by atoms with E-state index in [0.29, 0.717) is 34.2 Å². The van der Waals surface area contributed by atoms with Gasteiger partial charge in [-0.15, -0.1) is 0 Å². The van der Waals surface area contributed by atoms with Crippen LogP contribution >= 0.6 is 12.2 Å². The third-order valence-electron chi connectivity index (χ3n) is 5.28. The molecule has 8 heteroatoms. The monoisotopic (exact) mass is 461 g/mol. The zero-order chi connectivity index (χ0) is 23.5. The van der Waals surface area contributed by atoms with E-state index in [1.165, 1.54) is 25.3 Å². The highest BCUT2D eigenvalue weighted by Gasteiger charge is 2.19. The van der Waals surface area contributed by atoms with Gasteiger partial charge in [0.25, 0.3) is 5.91 Å². The lowest BCUT2D eigenvalue weighted by Crippen LogP contribution is -2.34. The van der Waals surface area contributed by atoms with Crippen molar-refractivity contribution >= 4 is 40.0 Å². The minimum atomic E-state index is -0.443. The Labute approximate surface area is 196 Å². The van der Waals surface area contributed by atoms with Crippen LogP contribution in [0.5, 0.6) is 11.5 Å². The normalized spacial score (nSPS) is 10.7. The first kappa shape index (κ1) is 22.3. The second-order valence-corrected chi connectivity index (χ2v) is 7.85. The number of oxazole rings is 1. The van der Waals surface area contributed by atoms with E-state index in [1.54, 1.807) is 24.3 Å². The molecular weight excluding hydrogens is 438 g/mol. The van der Waals surface area contributed by atoms with Gasteiger partial charge >= 0.3 is 0 Å². The quantitative estimate of drug-likeness (QED) is 0.392. The molecule has 0 spiro atoms. The van der Waals surface area contributed by atoms with Gasteiger partial charge in [-0.3, -0.25) is 10.1 Å². The molecule has 0 bridgehead atoms. The van der Waals surface area contributed by atoms with Crippen LogP contribution in [0.4, 0.5) is 5.69 Å². The summed E-state index contributed by atoms with van der Waals surface area (Å²) in [5, 5.41) is 5.80. The summed E-state index contributed by atoms with van der Waals surface area (Å²) < 4.78 is 16.5. The van der Waals surface area contributed by atoms with E-state index in [1.807, 2.05) is 24.3 Å². The van der Waals surface area contributed by atoms with E-state index in [0.717, 1.165) is 5.56 Å². The molecule has 0 aliphatic rings. The number of methoxy groups -OCH3 is 2. The molecule has 3 aromatic carbocycles. The molecule has 1 heterocycles. The number of hydrogen-bond acceptors (Lipinski definition) is 6. The van der Waals surface area contributed by atoms with Crippen molar-refractivity contribution in [1.82, 2.24) is 10.3 Å². The molecule has 7 nitrogen and oxygen atoms in total. The van der Waals surface area contributed by atoms with E-state index in [-0.39, 0.29) is 10.7 Å². The average molecular weight is 462 g/mol. The van der Waals surface area contributed by atoms with Crippen LogP contribution in [0, 0.1) is 13.8 Å². The largest absolute Gasteiger partial charge is 0.496 e. The van der Waals surface area contributed by atoms with Crippen LogP contribution in [-0.2, 0) is 0 Å². The van der Waals surface area contributed by atoms with Gasteiger partial charge in [0, 0.05) is 11.3 Å². The number of nitrogens with one attached hydrogen (secondary N) is 2. The summed E-state index contributed by atoms with van der Waals surface area (Å²) in [4.78, 5) is 17.4. The average Bonchev–Trinajstić information content (AvgIpc) is 3.23. The van der Waals surface area contributed by atoms with Crippen molar-refractivity contribution < 1.29 is 18.7 Å². The molecule has 0 fully saturated rings. The molecule has 2 N–H and O–H groups in total. The number of anilines is 1. The summed E-state index contributed by atoms with van der Waals surface area (Å²) in [5.74, 6) is 0.876. The second-order valence-electron chi connectivity index (χ2n) is 7.45. The molecule has 0 saturated heterocycles. The van der Waals surface area contributed by atoms with Gasteiger partial charge in [0.15, 0.2) is 10.7 Å². The number of ether oxygens (including phenoxy) is 2. The van der Waals surface area contributed by atoms with Crippen molar-refractivity contribution in [2.45, 2.75) is 13.8 Å². The molecule has 4 rings (SSSR count). The summed E-state index contributed by atoms with van der Waals surface area (Å²) in [6.45, 7) is 4.12. The van der Waals surface area contributed by atoms with Gasteiger partial charge in [0.2, 0.25) is 5.89 Å². The number of aromatic nitrogens is 1. The summed E-state index contributed by atoms with van der Waals surface area (Å²) in [5.41, 5.74) is 5.55. The van der Waals surface area contributed by atoms with E-state index >= 15 is 0 Å². The summed E-state index contributed by atoms with van der Waals surface area (Å²) in [6.07, 6.45) is 0. The highest BCUT2D eigenvalue weighted by molar-refractivity contribution is 7.80. The van der Waals surface area contributed by atoms with Crippen molar-refractivity contribution in [3.8, 4) is 23.0 Å². The van der Waals surface area contributed by atoms with Crippen LogP contribution in [0.3, 0.4) is 0 Å². The fourth-order valence-electron chi connectivity index (χ4n) is 3.41. The van der Waals surface area contributed by atoms with Gasteiger partial charge in [0.1, 0.15) is 22.6 Å². The molecule has 1 aromatic heterocycles. The highest BCUT2D eigenvalue weighted by Crippen LogP contribution is 2.29. The van der Waals surface area contributed by atoms with Crippen molar-refractivity contribution in [1.29, 1.82) is 0 Å². The number of aryl methyl sites for hydroxylation is 2. The Bertz CT molecular complexity index is 1340. The number of carbonyl (C=O) groups excluding carboxylic acids is 1. The van der Waals surface area contributed by atoms with Crippen molar-refractivity contribution in [2.75, 3.05) is 19.5 Å². The summed E-state index contributed by atoms with van der Waals surface area (Å²) in [7, 11) is 2.98. The van der Waals surface area contributed by atoms with E-state index in [2.05, 4.69) is 35.5 Å². The number of nitrogens with zero attached hydrogens (tertiary/aromatic N) is 1. The third-order valence-corrected chi connectivity index (χ3v) is 5.49. The predicted octanol–water partition coefficient (Wildman–Crippen LogP) is 5.26. The minimum Gasteiger partial charge on any atom is -0.496 e. The van der Waals surface area contributed by atoms with Gasteiger partial charge < -0.3 is 19.2 Å². The lowest BCUT2D eigenvalue weighted by atomic mass is 10.1.